The molecule has 0 heterocycles. The SMILES string of the molecule is COC(=O)N=P(CC(C)C)(c1ccccc1)c1ccccc1. The van der Waals surface area contributed by atoms with Gasteiger partial charge in [0.2, 0.25) is 0 Å². The molecule has 1 amide bonds. The van der Waals surface area contributed by atoms with Crippen LogP contribution in [0.5, 0.6) is 0 Å². The predicted molar refractivity (Wildman–Crippen MR) is 93.6 cm³/mol. The number of rotatable bonds is 4. The molecule has 4 heteroatoms. The second-order valence-electron chi connectivity index (χ2n) is 5.59. The summed E-state index contributed by atoms with van der Waals surface area (Å²) >= 11 is 0. The Morgan fingerprint density at radius 3 is 1.82 bits per heavy atom. The average Bonchev–Trinajstić information content (AvgIpc) is 2.55. The smallest absolute Gasteiger partial charge is 0.432 e. The van der Waals surface area contributed by atoms with E-state index in [0.29, 0.717) is 5.92 Å². The maximum atomic E-state index is 12.0. The number of carbonyl (C=O) groups is 1. The van der Waals surface area contributed by atoms with Crippen LogP contribution < -0.4 is 10.6 Å². The van der Waals surface area contributed by atoms with Gasteiger partial charge in [-0.1, -0.05) is 74.5 Å². The van der Waals surface area contributed by atoms with Gasteiger partial charge in [-0.2, -0.15) is 4.74 Å². The first kappa shape index (κ1) is 16.5. The first-order valence-corrected chi connectivity index (χ1v) is 9.31. The van der Waals surface area contributed by atoms with Gasteiger partial charge in [0.15, 0.2) is 0 Å². The van der Waals surface area contributed by atoms with Gasteiger partial charge >= 0.3 is 6.09 Å². The molecule has 0 spiro atoms. The van der Waals surface area contributed by atoms with Gasteiger partial charge < -0.3 is 4.74 Å². The van der Waals surface area contributed by atoms with Gasteiger partial charge in [0.1, 0.15) is 0 Å². The van der Waals surface area contributed by atoms with E-state index in [-0.39, 0.29) is 0 Å². The van der Waals surface area contributed by atoms with Crippen molar-refractivity contribution in [3.63, 3.8) is 0 Å². The van der Waals surface area contributed by atoms with E-state index in [1.165, 1.54) is 7.11 Å². The van der Waals surface area contributed by atoms with Gasteiger partial charge in [0, 0.05) is 7.05 Å². The second kappa shape index (κ2) is 7.42. The fourth-order valence-corrected chi connectivity index (χ4v) is 6.35. The van der Waals surface area contributed by atoms with Crippen molar-refractivity contribution in [1.29, 1.82) is 0 Å². The minimum Gasteiger partial charge on any atom is -0.451 e. The minimum atomic E-state index is -2.18. The van der Waals surface area contributed by atoms with Crippen molar-refractivity contribution in [3.05, 3.63) is 60.7 Å². The van der Waals surface area contributed by atoms with Gasteiger partial charge in [0.05, 0.1) is 7.11 Å². The number of hydrogen-bond donors (Lipinski definition) is 0. The molecule has 0 bridgehead atoms. The number of amides is 1. The first-order chi connectivity index (χ1) is 10.6. The maximum Gasteiger partial charge on any atom is 0.432 e. The Morgan fingerprint density at radius 1 is 1.00 bits per heavy atom. The summed E-state index contributed by atoms with van der Waals surface area (Å²) in [5, 5.41) is 2.22. The third-order valence-electron chi connectivity index (χ3n) is 3.42. The Hall–Kier alpha value is -1.86. The van der Waals surface area contributed by atoms with E-state index in [9.17, 15) is 4.79 Å². The van der Waals surface area contributed by atoms with Crippen molar-refractivity contribution in [2.75, 3.05) is 13.3 Å². The molecule has 0 fully saturated rings. The number of hydrogen-bond acceptors (Lipinski definition) is 2. The zero-order valence-electron chi connectivity index (χ0n) is 13.3. The van der Waals surface area contributed by atoms with Gasteiger partial charge in [-0.25, -0.2) is 4.79 Å². The molecule has 0 unspecified atom stereocenters. The van der Waals surface area contributed by atoms with Gasteiger partial charge in [-0.15, -0.1) is 0 Å². The molecule has 3 nitrogen and oxygen atoms in total. The highest BCUT2D eigenvalue weighted by atomic mass is 31.2. The molecule has 2 rings (SSSR count). The van der Waals surface area contributed by atoms with E-state index in [0.717, 1.165) is 16.8 Å². The number of carbonyl (C=O) groups excluding carboxylic acids is 1. The lowest BCUT2D eigenvalue weighted by atomic mass is 10.3. The van der Waals surface area contributed by atoms with Crippen molar-refractivity contribution in [2.24, 2.45) is 10.7 Å². The molecule has 2 aromatic carbocycles. The van der Waals surface area contributed by atoms with E-state index >= 15 is 0 Å². The highest BCUT2D eigenvalue weighted by Gasteiger charge is 2.27. The molecule has 0 radical (unpaired) electrons. The third kappa shape index (κ3) is 3.66. The summed E-state index contributed by atoms with van der Waals surface area (Å²) in [5.74, 6) is 0.419. The van der Waals surface area contributed by atoms with Crippen LogP contribution in [0.1, 0.15) is 13.8 Å². The lowest BCUT2D eigenvalue weighted by Crippen LogP contribution is -2.22. The second-order valence-corrected chi connectivity index (χ2v) is 8.72. The number of methoxy groups -OCH3 is 1. The minimum absolute atomic E-state index is 0.419. The van der Waals surface area contributed by atoms with Crippen LogP contribution in [-0.2, 0) is 4.74 Å². The molecule has 22 heavy (non-hydrogen) atoms. The lowest BCUT2D eigenvalue weighted by Gasteiger charge is -2.27. The predicted octanol–water partition coefficient (Wildman–Crippen LogP) is 4.26. The Balaban J connectivity index is 2.75. The van der Waals surface area contributed by atoms with Crippen LogP contribution in [0.3, 0.4) is 0 Å². The highest BCUT2D eigenvalue weighted by molar-refractivity contribution is 7.81. The van der Waals surface area contributed by atoms with E-state index in [4.69, 9.17) is 4.74 Å². The summed E-state index contributed by atoms with van der Waals surface area (Å²) in [4.78, 5) is 12.0. The lowest BCUT2D eigenvalue weighted by molar-refractivity contribution is 0.183. The van der Waals surface area contributed by atoms with Crippen LogP contribution >= 0.6 is 7.05 Å². The molecule has 0 saturated carbocycles. The number of nitrogens with zero attached hydrogens (tertiary/aromatic N) is 1. The molecular formula is C18H22NO2P. The zero-order chi connectivity index (χ0) is 16.0. The van der Waals surface area contributed by atoms with E-state index < -0.39 is 13.1 Å². The van der Waals surface area contributed by atoms with Crippen LogP contribution in [0.15, 0.2) is 65.4 Å². The quantitative estimate of drug-likeness (QED) is 0.791. The van der Waals surface area contributed by atoms with Gasteiger partial charge in [0.25, 0.3) is 0 Å². The Labute approximate surface area is 132 Å². The number of ether oxygens (including phenoxy) is 1. The molecule has 0 saturated heterocycles. The largest absolute Gasteiger partial charge is 0.451 e. The normalized spacial score (nSPS) is 11.3. The fourth-order valence-electron chi connectivity index (χ4n) is 2.57. The summed E-state index contributed by atoms with van der Waals surface area (Å²) in [6.45, 7) is 4.32. The first-order valence-electron chi connectivity index (χ1n) is 7.39. The fraction of sp³-hybridized carbons (Fsp3) is 0.278. The van der Waals surface area contributed by atoms with Crippen molar-refractivity contribution >= 4 is 23.8 Å². The Morgan fingerprint density at radius 2 is 1.45 bits per heavy atom. The number of benzene rings is 2. The average molecular weight is 315 g/mol. The topological polar surface area (TPSA) is 38.7 Å². The standard InChI is InChI=1S/C18H22NO2P/c1-15(2)14-22(19-18(20)21-3,16-10-6-4-7-11-16)17-12-8-5-9-13-17/h4-13,15H,14H2,1-3H3. The van der Waals surface area contributed by atoms with Gasteiger partial charge in [-0.05, 0) is 22.7 Å². The summed E-state index contributed by atoms with van der Waals surface area (Å²) in [5.41, 5.74) is 0. The molecule has 0 aliphatic carbocycles. The summed E-state index contributed by atoms with van der Waals surface area (Å²) in [7, 11) is -0.798. The Kier molecular flexibility index (Phi) is 5.57. The van der Waals surface area contributed by atoms with Crippen LogP contribution in [0.25, 0.3) is 0 Å². The summed E-state index contributed by atoms with van der Waals surface area (Å²) < 4.78 is 9.41. The summed E-state index contributed by atoms with van der Waals surface area (Å²) in [6.07, 6.45) is 0.345. The molecule has 0 aromatic heterocycles. The van der Waals surface area contributed by atoms with Crippen molar-refractivity contribution in [3.8, 4) is 0 Å². The maximum absolute atomic E-state index is 12.0. The Bertz CT molecular complexity index is 623. The highest BCUT2D eigenvalue weighted by Crippen LogP contribution is 2.49. The van der Waals surface area contributed by atoms with Crippen LogP contribution in [-0.4, -0.2) is 19.4 Å². The molecule has 2 aromatic rings. The zero-order valence-corrected chi connectivity index (χ0v) is 14.2. The van der Waals surface area contributed by atoms with Crippen LogP contribution in [0.2, 0.25) is 0 Å². The molecule has 0 aliphatic rings. The molecule has 0 aliphatic heterocycles. The van der Waals surface area contributed by atoms with Crippen molar-refractivity contribution in [1.82, 2.24) is 0 Å². The molecule has 0 N–H and O–H groups in total. The molecular weight excluding hydrogens is 293 g/mol. The van der Waals surface area contributed by atoms with Crippen LogP contribution in [0, 0.1) is 5.92 Å². The van der Waals surface area contributed by atoms with E-state index in [2.05, 4.69) is 42.9 Å². The monoisotopic (exact) mass is 315 g/mol. The molecule has 116 valence electrons. The van der Waals surface area contributed by atoms with E-state index in [1.54, 1.807) is 0 Å². The van der Waals surface area contributed by atoms with Gasteiger partial charge in [-0.3, -0.25) is 0 Å². The van der Waals surface area contributed by atoms with Crippen molar-refractivity contribution in [2.45, 2.75) is 13.8 Å². The van der Waals surface area contributed by atoms with E-state index in [1.807, 2.05) is 36.4 Å². The molecule has 0 atom stereocenters. The summed E-state index contributed by atoms with van der Waals surface area (Å²) in [6, 6.07) is 20.2. The third-order valence-corrected chi connectivity index (χ3v) is 7.49. The van der Waals surface area contributed by atoms with Crippen LogP contribution in [0.4, 0.5) is 4.79 Å². The van der Waals surface area contributed by atoms with Crippen molar-refractivity contribution < 1.29 is 9.53 Å².